The number of aliphatic hydroxyl groups is 2. The molecule has 19 heavy (non-hydrogen) atoms. The predicted octanol–water partition coefficient (Wildman–Crippen LogP) is -0.205. The number of nitriles is 1. The van der Waals surface area contributed by atoms with Crippen molar-refractivity contribution < 1.29 is 19.7 Å². The number of rotatable bonds is 6. The SMILES string of the molecule is CC(Oc1ccc(C#N)cc1)C(=O)NCC(O)CO. The molecule has 2 atom stereocenters. The average molecular weight is 264 g/mol. The van der Waals surface area contributed by atoms with Crippen LogP contribution in [0.4, 0.5) is 0 Å². The van der Waals surface area contributed by atoms with Gasteiger partial charge in [-0.2, -0.15) is 5.26 Å². The second-order valence-corrected chi connectivity index (χ2v) is 3.98. The first kappa shape index (κ1) is 15.0. The number of ether oxygens (including phenoxy) is 1. The molecule has 0 bridgehead atoms. The second kappa shape index (κ2) is 7.36. The average Bonchev–Trinajstić information content (AvgIpc) is 2.44. The molecule has 0 fully saturated rings. The van der Waals surface area contributed by atoms with Gasteiger partial charge in [-0.3, -0.25) is 4.79 Å². The summed E-state index contributed by atoms with van der Waals surface area (Å²) in [5.41, 5.74) is 0.510. The molecule has 2 unspecified atom stereocenters. The van der Waals surface area contributed by atoms with Crippen LogP contribution in [0.3, 0.4) is 0 Å². The molecule has 1 rings (SSSR count). The van der Waals surface area contributed by atoms with E-state index in [-0.39, 0.29) is 6.54 Å². The van der Waals surface area contributed by atoms with E-state index in [2.05, 4.69) is 5.32 Å². The zero-order chi connectivity index (χ0) is 14.3. The van der Waals surface area contributed by atoms with E-state index in [4.69, 9.17) is 20.2 Å². The Kier molecular flexibility index (Phi) is 5.79. The maximum Gasteiger partial charge on any atom is 0.260 e. The highest BCUT2D eigenvalue weighted by atomic mass is 16.5. The number of amides is 1. The normalized spacial score (nSPS) is 13.2. The van der Waals surface area contributed by atoms with Gasteiger partial charge in [-0.15, -0.1) is 0 Å². The number of carbonyl (C=O) groups excluding carboxylic acids is 1. The Morgan fingerprint density at radius 3 is 2.63 bits per heavy atom. The molecule has 0 aliphatic rings. The number of carbonyl (C=O) groups is 1. The number of nitrogens with zero attached hydrogens (tertiary/aromatic N) is 1. The molecule has 0 aliphatic carbocycles. The summed E-state index contributed by atoms with van der Waals surface area (Å²) in [6, 6.07) is 8.37. The van der Waals surface area contributed by atoms with Crippen molar-refractivity contribution in [3.63, 3.8) is 0 Å². The van der Waals surface area contributed by atoms with Crippen LogP contribution in [-0.4, -0.2) is 41.5 Å². The lowest BCUT2D eigenvalue weighted by Crippen LogP contribution is -2.41. The van der Waals surface area contributed by atoms with Crippen LogP contribution < -0.4 is 10.1 Å². The number of hydrogen-bond acceptors (Lipinski definition) is 5. The maximum absolute atomic E-state index is 11.6. The largest absolute Gasteiger partial charge is 0.481 e. The molecule has 0 saturated carbocycles. The van der Waals surface area contributed by atoms with Crippen LogP contribution >= 0.6 is 0 Å². The van der Waals surface area contributed by atoms with E-state index >= 15 is 0 Å². The van der Waals surface area contributed by atoms with E-state index in [1.54, 1.807) is 31.2 Å². The summed E-state index contributed by atoms with van der Waals surface area (Å²) in [5.74, 6) is 0.0845. The Morgan fingerprint density at radius 2 is 2.11 bits per heavy atom. The summed E-state index contributed by atoms with van der Waals surface area (Å²) in [4.78, 5) is 11.6. The maximum atomic E-state index is 11.6. The van der Waals surface area contributed by atoms with Crippen molar-refractivity contribution >= 4 is 5.91 Å². The summed E-state index contributed by atoms with van der Waals surface area (Å²) < 4.78 is 5.38. The molecule has 0 radical (unpaired) electrons. The summed E-state index contributed by atoms with van der Waals surface area (Å²) >= 11 is 0. The van der Waals surface area contributed by atoms with Crippen LogP contribution in [0.2, 0.25) is 0 Å². The standard InChI is InChI=1S/C13H16N2O4/c1-9(13(18)15-7-11(17)8-16)19-12-4-2-10(6-14)3-5-12/h2-5,9,11,16-17H,7-8H2,1H3,(H,15,18). The van der Waals surface area contributed by atoms with E-state index in [9.17, 15) is 4.79 Å². The fourth-order valence-corrected chi connectivity index (χ4v) is 1.29. The third kappa shape index (κ3) is 4.95. The fourth-order valence-electron chi connectivity index (χ4n) is 1.29. The Labute approximate surface area is 111 Å². The first-order valence-electron chi connectivity index (χ1n) is 5.80. The molecule has 1 aromatic carbocycles. The number of benzene rings is 1. The van der Waals surface area contributed by atoms with Crippen LogP contribution in [0, 0.1) is 11.3 Å². The van der Waals surface area contributed by atoms with Gasteiger partial charge in [0.25, 0.3) is 5.91 Å². The monoisotopic (exact) mass is 264 g/mol. The van der Waals surface area contributed by atoms with Crippen molar-refractivity contribution in [2.45, 2.75) is 19.1 Å². The first-order valence-corrected chi connectivity index (χ1v) is 5.80. The highest BCUT2D eigenvalue weighted by Crippen LogP contribution is 2.13. The number of nitrogens with one attached hydrogen (secondary N) is 1. The van der Waals surface area contributed by atoms with Crippen molar-refractivity contribution in [1.29, 1.82) is 5.26 Å². The summed E-state index contributed by atoms with van der Waals surface area (Å²) in [5, 5.41) is 28.8. The second-order valence-electron chi connectivity index (χ2n) is 3.98. The molecule has 0 spiro atoms. The highest BCUT2D eigenvalue weighted by molar-refractivity contribution is 5.80. The fraction of sp³-hybridized carbons (Fsp3) is 0.385. The predicted molar refractivity (Wildman–Crippen MR) is 67.3 cm³/mol. The zero-order valence-electron chi connectivity index (χ0n) is 10.5. The lowest BCUT2D eigenvalue weighted by Gasteiger charge is -2.15. The Bertz CT molecular complexity index is 453. The molecule has 0 aliphatic heterocycles. The van der Waals surface area contributed by atoms with Gasteiger partial charge in [-0.05, 0) is 31.2 Å². The molecule has 1 amide bonds. The smallest absolute Gasteiger partial charge is 0.260 e. The van der Waals surface area contributed by atoms with Crippen LogP contribution in [0.15, 0.2) is 24.3 Å². The van der Waals surface area contributed by atoms with Crippen LogP contribution in [0.5, 0.6) is 5.75 Å². The van der Waals surface area contributed by atoms with Gasteiger partial charge in [0.05, 0.1) is 24.3 Å². The topological polar surface area (TPSA) is 103 Å². The van der Waals surface area contributed by atoms with Gasteiger partial charge in [-0.1, -0.05) is 0 Å². The molecular weight excluding hydrogens is 248 g/mol. The van der Waals surface area contributed by atoms with E-state index in [1.165, 1.54) is 0 Å². The Hall–Kier alpha value is -2.10. The Balaban J connectivity index is 2.47. The van der Waals surface area contributed by atoms with Gasteiger partial charge in [0.1, 0.15) is 5.75 Å². The van der Waals surface area contributed by atoms with Gasteiger partial charge in [0.2, 0.25) is 0 Å². The third-order valence-corrected chi connectivity index (χ3v) is 2.39. The van der Waals surface area contributed by atoms with E-state index in [0.29, 0.717) is 11.3 Å². The molecule has 6 heteroatoms. The molecular formula is C13H16N2O4. The molecule has 6 nitrogen and oxygen atoms in total. The van der Waals surface area contributed by atoms with Crippen LogP contribution in [0.25, 0.3) is 0 Å². The van der Waals surface area contributed by atoms with E-state index in [1.807, 2.05) is 6.07 Å². The van der Waals surface area contributed by atoms with Crippen molar-refractivity contribution in [2.24, 2.45) is 0 Å². The van der Waals surface area contributed by atoms with Gasteiger partial charge < -0.3 is 20.3 Å². The molecule has 0 aromatic heterocycles. The Morgan fingerprint density at radius 1 is 1.47 bits per heavy atom. The van der Waals surface area contributed by atoms with Gasteiger partial charge >= 0.3 is 0 Å². The zero-order valence-corrected chi connectivity index (χ0v) is 10.5. The molecule has 0 saturated heterocycles. The van der Waals surface area contributed by atoms with E-state index in [0.717, 1.165) is 0 Å². The number of hydrogen-bond donors (Lipinski definition) is 3. The minimum atomic E-state index is -0.980. The minimum absolute atomic E-state index is 0.0313. The summed E-state index contributed by atoms with van der Waals surface area (Å²) in [7, 11) is 0. The lowest BCUT2D eigenvalue weighted by molar-refractivity contribution is -0.127. The van der Waals surface area contributed by atoms with Crippen molar-refractivity contribution in [1.82, 2.24) is 5.32 Å². The quantitative estimate of drug-likeness (QED) is 0.660. The summed E-state index contributed by atoms with van der Waals surface area (Å²) in [6.45, 7) is 1.13. The van der Waals surface area contributed by atoms with Crippen LogP contribution in [-0.2, 0) is 4.79 Å². The molecule has 1 aromatic rings. The van der Waals surface area contributed by atoms with Crippen molar-refractivity contribution in [3.05, 3.63) is 29.8 Å². The van der Waals surface area contributed by atoms with Crippen LogP contribution in [0.1, 0.15) is 12.5 Å². The molecule has 102 valence electrons. The lowest BCUT2D eigenvalue weighted by atomic mass is 10.2. The highest BCUT2D eigenvalue weighted by Gasteiger charge is 2.15. The first-order chi connectivity index (χ1) is 9.06. The molecule has 3 N–H and O–H groups in total. The third-order valence-electron chi connectivity index (χ3n) is 2.39. The number of aliphatic hydroxyl groups excluding tert-OH is 2. The van der Waals surface area contributed by atoms with Crippen molar-refractivity contribution in [3.8, 4) is 11.8 Å². The van der Waals surface area contributed by atoms with Crippen molar-refractivity contribution in [2.75, 3.05) is 13.2 Å². The summed E-state index contributed by atoms with van der Waals surface area (Å²) in [6.07, 6.45) is -1.72. The molecule has 0 heterocycles. The van der Waals surface area contributed by atoms with Gasteiger partial charge in [0, 0.05) is 6.54 Å². The minimum Gasteiger partial charge on any atom is -0.481 e. The van der Waals surface area contributed by atoms with E-state index < -0.39 is 24.7 Å². The van der Waals surface area contributed by atoms with Gasteiger partial charge in [0.15, 0.2) is 6.10 Å². The van der Waals surface area contributed by atoms with Gasteiger partial charge in [-0.25, -0.2) is 0 Å².